The number of nitrogens with one attached hydrogen (secondary N) is 2. The third-order valence-electron chi connectivity index (χ3n) is 4.54. The summed E-state index contributed by atoms with van der Waals surface area (Å²) in [7, 11) is 0. The minimum absolute atomic E-state index is 0.0139. The summed E-state index contributed by atoms with van der Waals surface area (Å²) in [5.41, 5.74) is 0. The van der Waals surface area contributed by atoms with Crippen molar-refractivity contribution in [2.45, 2.75) is 103 Å². The quantitative estimate of drug-likeness (QED) is 0.291. The minimum atomic E-state index is -0.884. The zero-order chi connectivity index (χ0) is 20.2. The van der Waals surface area contributed by atoms with Crippen molar-refractivity contribution >= 4 is 17.8 Å². The summed E-state index contributed by atoms with van der Waals surface area (Å²) >= 11 is 0. The van der Waals surface area contributed by atoms with E-state index in [-0.39, 0.29) is 24.8 Å². The number of unbranched alkanes of at least 4 members (excludes halogenated alkanes) is 10. The molecule has 0 aromatic heterocycles. The summed E-state index contributed by atoms with van der Waals surface area (Å²) in [5.74, 6) is -0.737. The van der Waals surface area contributed by atoms with Crippen molar-refractivity contribution in [2.24, 2.45) is 0 Å². The van der Waals surface area contributed by atoms with Crippen molar-refractivity contribution in [2.75, 3.05) is 13.1 Å². The number of carboxylic acids is 1. The van der Waals surface area contributed by atoms with Gasteiger partial charge in [-0.25, -0.2) is 0 Å². The number of carbonyl (C=O) groups is 3. The first-order valence-corrected chi connectivity index (χ1v) is 10.8. The normalized spacial score (nSPS) is 10.6. The summed E-state index contributed by atoms with van der Waals surface area (Å²) in [6, 6.07) is 0. The lowest BCUT2D eigenvalue weighted by atomic mass is 10.0. The maximum Gasteiger partial charge on any atom is 0.305 e. The van der Waals surface area contributed by atoms with Crippen LogP contribution >= 0.6 is 0 Å². The van der Waals surface area contributed by atoms with Gasteiger partial charge in [0.15, 0.2) is 0 Å². The van der Waals surface area contributed by atoms with E-state index in [1.54, 1.807) is 0 Å². The largest absolute Gasteiger partial charge is 0.481 e. The second-order valence-electron chi connectivity index (χ2n) is 7.23. The molecule has 158 valence electrons. The second kappa shape index (κ2) is 19.2. The molecule has 0 aliphatic rings. The maximum absolute atomic E-state index is 11.5. The summed E-state index contributed by atoms with van der Waals surface area (Å²) in [5, 5.41) is 14.0. The molecule has 0 aliphatic carbocycles. The molecule has 27 heavy (non-hydrogen) atoms. The van der Waals surface area contributed by atoms with E-state index in [9.17, 15) is 14.4 Å². The standard InChI is InChI=1S/C21H40N2O4/c1-2-17-22-19(24)14-12-10-8-6-4-3-5-7-9-11-13-15-20(25)23-18-16-21(26)27/h2-18H2,1H3,(H,22,24)(H,23,25)(H,26,27). The number of rotatable bonds is 19. The predicted octanol–water partition coefficient (Wildman–Crippen LogP) is 4.17. The highest BCUT2D eigenvalue weighted by Crippen LogP contribution is 2.12. The van der Waals surface area contributed by atoms with E-state index in [1.165, 1.54) is 38.5 Å². The van der Waals surface area contributed by atoms with Gasteiger partial charge in [-0.15, -0.1) is 0 Å². The molecule has 0 fully saturated rings. The molecule has 6 nitrogen and oxygen atoms in total. The highest BCUT2D eigenvalue weighted by atomic mass is 16.4. The third kappa shape index (κ3) is 20.6. The van der Waals surface area contributed by atoms with E-state index in [2.05, 4.69) is 17.6 Å². The summed E-state index contributed by atoms with van der Waals surface area (Å²) in [6.45, 7) is 3.07. The Kier molecular flexibility index (Phi) is 18.0. The summed E-state index contributed by atoms with van der Waals surface area (Å²) < 4.78 is 0. The van der Waals surface area contributed by atoms with Crippen LogP contribution in [0.4, 0.5) is 0 Å². The van der Waals surface area contributed by atoms with E-state index in [1.807, 2.05) is 0 Å². The van der Waals surface area contributed by atoms with Gasteiger partial charge in [0, 0.05) is 25.9 Å². The van der Waals surface area contributed by atoms with Crippen molar-refractivity contribution in [3.05, 3.63) is 0 Å². The van der Waals surface area contributed by atoms with E-state index in [4.69, 9.17) is 5.11 Å². The molecule has 0 radical (unpaired) electrons. The Morgan fingerprint density at radius 1 is 0.593 bits per heavy atom. The number of amides is 2. The molecular formula is C21H40N2O4. The van der Waals surface area contributed by atoms with Gasteiger partial charge >= 0.3 is 5.97 Å². The molecular weight excluding hydrogens is 344 g/mol. The van der Waals surface area contributed by atoms with Crippen LogP contribution in [-0.2, 0) is 14.4 Å². The van der Waals surface area contributed by atoms with Gasteiger partial charge < -0.3 is 15.7 Å². The molecule has 0 spiro atoms. The number of aliphatic carboxylic acids is 1. The van der Waals surface area contributed by atoms with Crippen LogP contribution in [-0.4, -0.2) is 36.0 Å². The third-order valence-corrected chi connectivity index (χ3v) is 4.54. The molecule has 0 unspecified atom stereocenters. The second-order valence-corrected chi connectivity index (χ2v) is 7.23. The van der Waals surface area contributed by atoms with Gasteiger partial charge in [-0.05, 0) is 19.3 Å². The molecule has 0 saturated heterocycles. The van der Waals surface area contributed by atoms with Gasteiger partial charge in [-0.2, -0.15) is 0 Å². The van der Waals surface area contributed by atoms with Crippen LogP contribution in [0.1, 0.15) is 103 Å². The molecule has 0 aromatic rings. The minimum Gasteiger partial charge on any atom is -0.481 e. The first-order chi connectivity index (χ1) is 13.1. The van der Waals surface area contributed by atoms with Gasteiger partial charge in [-0.1, -0.05) is 64.7 Å². The van der Waals surface area contributed by atoms with Crippen LogP contribution in [0.5, 0.6) is 0 Å². The highest BCUT2D eigenvalue weighted by Gasteiger charge is 2.02. The lowest BCUT2D eigenvalue weighted by Gasteiger charge is -2.05. The van der Waals surface area contributed by atoms with Crippen LogP contribution in [0, 0.1) is 0 Å². The topological polar surface area (TPSA) is 95.5 Å². The SMILES string of the molecule is CCCNC(=O)CCCCCCCCCCCCCC(=O)NCCC(=O)O. The van der Waals surface area contributed by atoms with E-state index >= 15 is 0 Å². The Morgan fingerprint density at radius 3 is 1.33 bits per heavy atom. The molecule has 2 amide bonds. The number of carbonyl (C=O) groups excluding carboxylic acids is 2. The molecule has 0 bridgehead atoms. The van der Waals surface area contributed by atoms with Crippen LogP contribution in [0.3, 0.4) is 0 Å². The van der Waals surface area contributed by atoms with Crippen molar-refractivity contribution < 1.29 is 19.5 Å². The van der Waals surface area contributed by atoms with E-state index in [0.29, 0.717) is 12.8 Å². The van der Waals surface area contributed by atoms with E-state index < -0.39 is 5.97 Å². The average Bonchev–Trinajstić information content (AvgIpc) is 2.63. The monoisotopic (exact) mass is 384 g/mol. The molecule has 3 N–H and O–H groups in total. The molecule has 6 heteroatoms. The van der Waals surface area contributed by atoms with Crippen molar-refractivity contribution in [3.63, 3.8) is 0 Å². The highest BCUT2D eigenvalue weighted by molar-refractivity contribution is 5.76. The number of carboxylic acid groups (broad SMARTS) is 1. The fourth-order valence-corrected chi connectivity index (χ4v) is 2.91. The Morgan fingerprint density at radius 2 is 0.963 bits per heavy atom. The van der Waals surface area contributed by atoms with Crippen LogP contribution in [0.25, 0.3) is 0 Å². The van der Waals surface area contributed by atoms with Crippen LogP contribution in [0.2, 0.25) is 0 Å². The van der Waals surface area contributed by atoms with Crippen molar-refractivity contribution in [3.8, 4) is 0 Å². The lowest BCUT2D eigenvalue weighted by molar-refractivity contribution is -0.137. The zero-order valence-corrected chi connectivity index (χ0v) is 17.2. The van der Waals surface area contributed by atoms with E-state index in [0.717, 1.165) is 45.1 Å². The Labute approximate surface area is 164 Å². The fraction of sp³-hybridized carbons (Fsp3) is 0.857. The maximum atomic E-state index is 11.5. The average molecular weight is 385 g/mol. The lowest BCUT2D eigenvalue weighted by Crippen LogP contribution is -2.25. The summed E-state index contributed by atoms with van der Waals surface area (Å²) in [4.78, 5) is 33.2. The smallest absolute Gasteiger partial charge is 0.305 e. The Bertz CT molecular complexity index is 400. The Hall–Kier alpha value is -1.59. The summed E-state index contributed by atoms with van der Waals surface area (Å²) in [6.07, 6.45) is 14.9. The van der Waals surface area contributed by atoms with Crippen molar-refractivity contribution in [1.29, 1.82) is 0 Å². The zero-order valence-electron chi connectivity index (χ0n) is 17.2. The van der Waals surface area contributed by atoms with Crippen molar-refractivity contribution in [1.82, 2.24) is 10.6 Å². The predicted molar refractivity (Wildman–Crippen MR) is 109 cm³/mol. The van der Waals surface area contributed by atoms with Gasteiger partial charge in [0.1, 0.15) is 0 Å². The fourth-order valence-electron chi connectivity index (χ4n) is 2.91. The number of hydrogen-bond donors (Lipinski definition) is 3. The molecule has 0 heterocycles. The van der Waals surface area contributed by atoms with Gasteiger partial charge in [0.2, 0.25) is 11.8 Å². The molecule has 0 aliphatic heterocycles. The van der Waals surface area contributed by atoms with Crippen LogP contribution < -0.4 is 10.6 Å². The number of hydrogen-bond acceptors (Lipinski definition) is 3. The Balaban J connectivity index is 3.19. The molecule has 0 aromatic carbocycles. The van der Waals surface area contributed by atoms with Gasteiger partial charge in [0.05, 0.1) is 6.42 Å². The molecule has 0 saturated carbocycles. The van der Waals surface area contributed by atoms with Crippen LogP contribution in [0.15, 0.2) is 0 Å². The van der Waals surface area contributed by atoms with Gasteiger partial charge in [-0.3, -0.25) is 14.4 Å². The first-order valence-electron chi connectivity index (χ1n) is 10.8. The molecule has 0 atom stereocenters. The first kappa shape index (κ1) is 25.4. The van der Waals surface area contributed by atoms with Gasteiger partial charge in [0.25, 0.3) is 0 Å². The molecule has 0 rings (SSSR count).